The number of aromatic nitrogens is 2. The van der Waals surface area contributed by atoms with Crippen molar-refractivity contribution in [2.24, 2.45) is 0 Å². The molecule has 0 amide bonds. The Bertz CT molecular complexity index is 413. The van der Waals surface area contributed by atoms with Crippen LogP contribution in [0.15, 0.2) is 6.33 Å². The van der Waals surface area contributed by atoms with Crippen molar-refractivity contribution in [3.8, 4) is 0 Å². The monoisotopic (exact) mass is 277 g/mol. The summed E-state index contributed by atoms with van der Waals surface area (Å²) in [6.45, 7) is 5.29. The largest absolute Gasteiger partial charge is 0.393 e. The number of hydrogen-bond donors (Lipinski definition) is 1. The topological polar surface area (TPSA) is 58.3 Å². The van der Waals surface area contributed by atoms with Gasteiger partial charge in [-0.25, -0.2) is 9.97 Å². The van der Waals surface area contributed by atoms with Gasteiger partial charge in [0.15, 0.2) is 11.6 Å². The van der Waals surface area contributed by atoms with E-state index in [0.29, 0.717) is 0 Å². The lowest BCUT2D eigenvalue weighted by Gasteiger charge is -2.26. The average molecular weight is 277 g/mol. The second-order valence-electron chi connectivity index (χ2n) is 5.61. The summed E-state index contributed by atoms with van der Waals surface area (Å²) < 4.78 is 0. The summed E-state index contributed by atoms with van der Waals surface area (Å²) in [5.74, 6) is 1.79. The van der Waals surface area contributed by atoms with Gasteiger partial charge in [-0.05, 0) is 19.3 Å². The molecule has 0 bridgehead atoms. The second kappa shape index (κ2) is 7.31. The summed E-state index contributed by atoms with van der Waals surface area (Å²) in [5, 5.41) is 0. The fourth-order valence-corrected chi connectivity index (χ4v) is 2.72. The lowest BCUT2D eigenvalue weighted by atomic mass is 10.2. The van der Waals surface area contributed by atoms with Gasteiger partial charge in [-0.15, -0.1) is 0 Å². The van der Waals surface area contributed by atoms with Gasteiger partial charge < -0.3 is 15.5 Å². The highest BCUT2D eigenvalue weighted by molar-refractivity contribution is 5.75. The fraction of sp³-hybridized carbons (Fsp3) is 0.733. The molecule has 2 rings (SSSR count). The smallest absolute Gasteiger partial charge is 0.157 e. The van der Waals surface area contributed by atoms with E-state index in [1.165, 1.54) is 32.1 Å². The van der Waals surface area contributed by atoms with Crippen molar-refractivity contribution >= 4 is 17.3 Å². The van der Waals surface area contributed by atoms with E-state index in [4.69, 9.17) is 5.73 Å². The lowest BCUT2D eigenvalue weighted by Crippen LogP contribution is -2.28. The van der Waals surface area contributed by atoms with E-state index in [1.807, 2.05) is 0 Å². The first-order valence-corrected chi connectivity index (χ1v) is 7.80. The van der Waals surface area contributed by atoms with Gasteiger partial charge in [0.05, 0.1) is 0 Å². The number of rotatable bonds is 5. The molecule has 0 aromatic carbocycles. The molecule has 112 valence electrons. The van der Waals surface area contributed by atoms with Crippen molar-refractivity contribution in [3.05, 3.63) is 6.33 Å². The minimum Gasteiger partial charge on any atom is -0.393 e. The Morgan fingerprint density at radius 1 is 1.20 bits per heavy atom. The van der Waals surface area contributed by atoms with Gasteiger partial charge in [-0.3, -0.25) is 0 Å². The molecule has 1 fully saturated rings. The normalized spacial score (nSPS) is 16.0. The summed E-state index contributed by atoms with van der Waals surface area (Å²) in [6.07, 6.45) is 9.05. The first-order chi connectivity index (χ1) is 9.74. The summed E-state index contributed by atoms with van der Waals surface area (Å²) in [7, 11) is 2.06. The van der Waals surface area contributed by atoms with E-state index in [-0.39, 0.29) is 0 Å². The minimum absolute atomic E-state index is 0.730. The zero-order chi connectivity index (χ0) is 14.4. The molecule has 2 N–H and O–H groups in total. The number of nitrogens with zero attached hydrogens (tertiary/aromatic N) is 4. The third kappa shape index (κ3) is 3.52. The number of anilines is 3. The molecule has 5 heteroatoms. The number of nitrogens with two attached hydrogens (primary N) is 1. The summed E-state index contributed by atoms with van der Waals surface area (Å²) >= 11 is 0. The van der Waals surface area contributed by atoms with Gasteiger partial charge in [0, 0.05) is 26.7 Å². The Kier molecular flexibility index (Phi) is 5.44. The first-order valence-electron chi connectivity index (χ1n) is 7.80. The third-order valence-electron chi connectivity index (χ3n) is 3.96. The van der Waals surface area contributed by atoms with Crippen LogP contribution in [0.2, 0.25) is 0 Å². The maximum Gasteiger partial charge on any atom is 0.157 e. The van der Waals surface area contributed by atoms with Crippen LogP contribution < -0.4 is 15.5 Å². The molecular formula is C15H27N5. The number of unbranched alkanes of at least 4 members (excludes halogenated alkanes) is 1. The molecule has 20 heavy (non-hydrogen) atoms. The summed E-state index contributed by atoms with van der Waals surface area (Å²) in [5.41, 5.74) is 7.06. The highest BCUT2D eigenvalue weighted by Crippen LogP contribution is 2.29. The molecular weight excluding hydrogens is 250 g/mol. The SMILES string of the molecule is CCCCN(C)c1ncnc(N2CCCCCC2)c1N. The van der Waals surface area contributed by atoms with Gasteiger partial charge in [0.1, 0.15) is 12.0 Å². The van der Waals surface area contributed by atoms with Crippen LogP contribution >= 0.6 is 0 Å². The Balaban J connectivity index is 2.17. The summed E-state index contributed by atoms with van der Waals surface area (Å²) in [4.78, 5) is 13.3. The maximum atomic E-state index is 6.33. The van der Waals surface area contributed by atoms with Crippen molar-refractivity contribution < 1.29 is 0 Å². The number of nitrogen functional groups attached to an aromatic ring is 1. The lowest BCUT2D eigenvalue weighted by molar-refractivity contribution is 0.726. The Labute approximate surface area is 122 Å². The molecule has 0 radical (unpaired) electrons. The van der Waals surface area contributed by atoms with E-state index >= 15 is 0 Å². The standard InChI is InChI=1S/C15H27N5/c1-3-4-9-19(2)14-13(16)15(18-12-17-14)20-10-7-5-6-8-11-20/h12H,3-11,16H2,1-2H3. The van der Waals surface area contributed by atoms with Crippen LogP contribution in [0, 0.1) is 0 Å². The zero-order valence-corrected chi connectivity index (χ0v) is 12.8. The molecule has 1 aromatic rings. The molecule has 0 spiro atoms. The van der Waals surface area contributed by atoms with Gasteiger partial charge in [-0.1, -0.05) is 26.2 Å². The predicted octanol–water partition coefficient (Wildman–Crippen LogP) is 2.68. The molecule has 1 aromatic heterocycles. The van der Waals surface area contributed by atoms with Crippen LogP contribution in [-0.2, 0) is 0 Å². The quantitative estimate of drug-likeness (QED) is 0.896. The highest BCUT2D eigenvalue weighted by atomic mass is 15.2. The van der Waals surface area contributed by atoms with Crippen LogP contribution in [0.1, 0.15) is 45.4 Å². The van der Waals surface area contributed by atoms with Crippen molar-refractivity contribution in [3.63, 3.8) is 0 Å². The van der Waals surface area contributed by atoms with Crippen LogP contribution in [0.3, 0.4) is 0 Å². The molecule has 0 unspecified atom stereocenters. The van der Waals surface area contributed by atoms with Gasteiger partial charge in [-0.2, -0.15) is 0 Å². The molecule has 2 heterocycles. The van der Waals surface area contributed by atoms with Gasteiger partial charge in [0.25, 0.3) is 0 Å². The highest BCUT2D eigenvalue weighted by Gasteiger charge is 2.18. The Morgan fingerprint density at radius 3 is 2.55 bits per heavy atom. The van der Waals surface area contributed by atoms with E-state index in [1.54, 1.807) is 6.33 Å². The van der Waals surface area contributed by atoms with Crippen molar-refractivity contribution in [2.45, 2.75) is 45.4 Å². The van der Waals surface area contributed by atoms with Crippen molar-refractivity contribution in [1.82, 2.24) is 9.97 Å². The predicted molar refractivity (Wildman–Crippen MR) is 85.3 cm³/mol. The Hall–Kier alpha value is -1.52. The third-order valence-corrected chi connectivity index (χ3v) is 3.96. The van der Waals surface area contributed by atoms with Crippen LogP contribution in [-0.4, -0.2) is 36.6 Å². The van der Waals surface area contributed by atoms with Crippen LogP contribution in [0.4, 0.5) is 17.3 Å². The van der Waals surface area contributed by atoms with Crippen molar-refractivity contribution in [1.29, 1.82) is 0 Å². The number of hydrogen-bond acceptors (Lipinski definition) is 5. The molecule has 0 saturated carbocycles. The van der Waals surface area contributed by atoms with Gasteiger partial charge >= 0.3 is 0 Å². The van der Waals surface area contributed by atoms with E-state index < -0.39 is 0 Å². The van der Waals surface area contributed by atoms with E-state index in [9.17, 15) is 0 Å². The molecule has 1 aliphatic rings. The molecule has 0 aliphatic carbocycles. The minimum atomic E-state index is 0.730. The molecule has 1 saturated heterocycles. The fourth-order valence-electron chi connectivity index (χ4n) is 2.72. The van der Waals surface area contributed by atoms with E-state index in [2.05, 4.69) is 33.7 Å². The Morgan fingerprint density at radius 2 is 1.90 bits per heavy atom. The average Bonchev–Trinajstić information content (AvgIpc) is 2.74. The molecule has 5 nitrogen and oxygen atoms in total. The first kappa shape index (κ1) is 14.9. The second-order valence-corrected chi connectivity index (χ2v) is 5.61. The molecule has 1 aliphatic heterocycles. The molecule has 0 atom stereocenters. The van der Waals surface area contributed by atoms with E-state index in [0.717, 1.165) is 43.4 Å². The van der Waals surface area contributed by atoms with Crippen LogP contribution in [0.5, 0.6) is 0 Å². The summed E-state index contributed by atoms with van der Waals surface area (Å²) in [6, 6.07) is 0. The van der Waals surface area contributed by atoms with Gasteiger partial charge in [0.2, 0.25) is 0 Å². The van der Waals surface area contributed by atoms with Crippen LogP contribution in [0.25, 0.3) is 0 Å². The maximum absolute atomic E-state index is 6.33. The van der Waals surface area contributed by atoms with Crippen molar-refractivity contribution in [2.75, 3.05) is 42.2 Å². The zero-order valence-electron chi connectivity index (χ0n) is 12.8.